The van der Waals surface area contributed by atoms with Crippen LogP contribution in [-0.4, -0.2) is 4.98 Å². The molecule has 2 heteroatoms. The first-order valence-electron chi connectivity index (χ1n) is 5.92. The fourth-order valence-electron chi connectivity index (χ4n) is 2.65. The van der Waals surface area contributed by atoms with Gasteiger partial charge in [0.05, 0.1) is 5.52 Å². The Balaban J connectivity index is 2.35. The highest BCUT2D eigenvalue weighted by atomic mass is 79.9. The Morgan fingerprint density at radius 3 is 2.61 bits per heavy atom. The molecule has 0 aliphatic rings. The van der Waals surface area contributed by atoms with Crippen molar-refractivity contribution in [3.8, 4) is 0 Å². The molecule has 86 valence electrons. The Labute approximate surface area is 113 Å². The van der Waals surface area contributed by atoms with Crippen LogP contribution in [0.5, 0.6) is 0 Å². The van der Waals surface area contributed by atoms with Gasteiger partial charge in [0.25, 0.3) is 0 Å². The molecule has 0 spiro atoms. The molecule has 0 bridgehead atoms. The SMILES string of the molecule is Brc1cccc2ccc3c4ccccc4[nH]c3c12. The number of hydrogen-bond donors (Lipinski definition) is 1. The smallest absolute Gasteiger partial charge is 0.0555 e. The first-order chi connectivity index (χ1) is 8.84. The lowest BCUT2D eigenvalue weighted by molar-refractivity contribution is 1.56. The molecule has 1 heterocycles. The molecule has 4 rings (SSSR count). The third-order valence-electron chi connectivity index (χ3n) is 3.47. The fraction of sp³-hybridized carbons (Fsp3) is 0. The van der Waals surface area contributed by atoms with Gasteiger partial charge in [-0.05, 0) is 17.5 Å². The molecule has 0 fully saturated rings. The zero-order valence-electron chi connectivity index (χ0n) is 9.57. The van der Waals surface area contributed by atoms with E-state index < -0.39 is 0 Å². The molecule has 1 aromatic heterocycles. The van der Waals surface area contributed by atoms with Crippen LogP contribution in [0.4, 0.5) is 0 Å². The van der Waals surface area contributed by atoms with Gasteiger partial charge in [0.2, 0.25) is 0 Å². The maximum absolute atomic E-state index is 3.66. The monoisotopic (exact) mass is 295 g/mol. The summed E-state index contributed by atoms with van der Waals surface area (Å²) >= 11 is 3.66. The van der Waals surface area contributed by atoms with Crippen LogP contribution in [-0.2, 0) is 0 Å². The highest BCUT2D eigenvalue weighted by molar-refractivity contribution is 9.10. The second-order valence-corrected chi connectivity index (χ2v) is 5.35. The van der Waals surface area contributed by atoms with Gasteiger partial charge in [-0.2, -0.15) is 0 Å². The summed E-state index contributed by atoms with van der Waals surface area (Å²) in [7, 11) is 0. The Hall–Kier alpha value is -1.80. The largest absolute Gasteiger partial charge is 0.354 e. The van der Waals surface area contributed by atoms with E-state index in [1.165, 1.54) is 32.6 Å². The number of fused-ring (bicyclic) bond motifs is 5. The van der Waals surface area contributed by atoms with Crippen LogP contribution in [0.2, 0.25) is 0 Å². The number of para-hydroxylation sites is 1. The highest BCUT2D eigenvalue weighted by Crippen LogP contribution is 2.34. The lowest BCUT2D eigenvalue weighted by atomic mass is 10.1. The molecule has 0 aliphatic heterocycles. The van der Waals surface area contributed by atoms with E-state index in [0.29, 0.717) is 0 Å². The molecular weight excluding hydrogens is 286 g/mol. The van der Waals surface area contributed by atoms with Gasteiger partial charge in [0.1, 0.15) is 0 Å². The quantitative estimate of drug-likeness (QED) is 0.457. The molecule has 0 aliphatic carbocycles. The van der Waals surface area contributed by atoms with E-state index in [4.69, 9.17) is 0 Å². The maximum Gasteiger partial charge on any atom is 0.0555 e. The van der Waals surface area contributed by atoms with Gasteiger partial charge in [-0.1, -0.05) is 58.4 Å². The topological polar surface area (TPSA) is 15.8 Å². The van der Waals surface area contributed by atoms with Gasteiger partial charge in [-0.15, -0.1) is 0 Å². The highest BCUT2D eigenvalue weighted by Gasteiger charge is 2.08. The van der Waals surface area contributed by atoms with Crippen molar-refractivity contribution in [2.24, 2.45) is 0 Å². The summed E-state index contributed by atoms with van der Waals surface area (Å²) in [6.45, 7) is 0. The van der Waals surface area contributed by atoms with Crippen LogP contribution in [0.1, 0.15) is 0 Å². The fourth-order valence-corrected chi connectivity index (χ4v) is 3.23. The Morgan fingerprint density at radius 2 is 1.67 bits per heavy atom. The number of rotatable bonds is 0. The van der Waals surface area contributed by atoms with Crippen molar-refractivity contribution >= 4 is 48.5 Å². The average molecular weight is 296 g/mol. The summed E-state index contributed by atoms with van der Waals surface area (Å²) in [6.07, 6.45) is 0. The van der Waals surface area contributed by atoms with Crippen molar-refractivity contribution in [1.29, 1.82) is 0 Å². The number of benzene rings is 3. The normalized spacial score (nSPS) is 11.6. The molecule has 1 nitrogen and oxygen atoms in total. The van der Waals surface area contributed by atoms with E-state index in [0.717, 1.165) is 4.47 Å². The van der Waals surface area contributed by atoms with E-state index in [1.807, 2.05) is 0 Å². The van der Waals surface area contributed by atoms with Crippen LogP contribution in [0, 0.1) is 0 Å². The summed E-state index contributed by atoms with van der Waals surface area (Å²) in [5.74, 6) is 0. The molecular formula is C16H10BrN. The first kappa shape index (κ1) is 10.2. The summed E-state index contributed by atoms with van der Waals surface area (Å²) in [4.78, 5) is 3.53. The van der Waals surface area contributed by atoms with E-state index in [2.05, 4.69) is 75.5 Å². The summed E-state index contributed by atoms with van der Waals surface area (Å²) < 4.78 is 1.14. The van der Waals surface area contributed by atoms with Crippen molar-refractivity contribution in [2.45, 2.75) is 0 Å². The number of hydrogen-bond acceptors (Lipinski definition) is 0. The second-order valence-electron chi connectivity index (χ2n) is 4.50. The van der Waals surface area contributed by atoms with Crippen molar-refractivity contribution in [3.63, 3.8) is 0 Å². The van der Waals surface area contributed by atoms with Gasteiger partial charge >= 0.3 is 0 Å². The number of H-pyrrole nitrogens is 1. The lowest BCUT2D eigenvalue weighted by Gasteiger charge is -2.02. The van der Waals surface area contributed by atoms with E-state index >= 15 is 0 Å². The Kier molecular flexibility index (Phi) is 2.03. The summed E-state index contributed by atoms with van der Waals surface area (Å²) in [6, 6.07) is 19.1. The lowest BCUT2D eigenvalue weighted by Crippen LogP contribution is -1.77. The van der Waals surface area contributed by atoms with Crippen LogP contribution in [0.15, 0.2) is 59.1 Å². The summed E-state index contributed by atoms with van der Waals surface area (Å²) in [5.41, 5.74) is 2.40. The second kappa shape index (κ2) is 3.59. The van der Waals surface area contributed by atoms with Gasteiger partial charge in [-0.3, -0.25) is 0 Å². The molecule has 0 unspecified atom stereocenters. The molecule has 0 radical (unpaired) electrons. The Bertz CT molecular complexity index is 889. The van der Waals surface area contributed by atoms with Gasteiger partial charge in [0, 0.05) is 26.1 Å². The molecule has 0 saturated carbocycles. The predicted octanol–water partition coefficient (Wildman–Crippen LogP) is 5.24. The number of aromatic nitrogens is 1. The minimum Gasteiger partial charge on any atom is -0.354 e. The Morgan fingerprint density at radius 1 is 0.778 bits per heavy atom. The van der Waals surface area contributed by atoms with Gasteiger partial charge in [0.15, 0.2) is 0 Å². The van der Waals surface area contributed by atoms with Crippen molar-refractivity contribution < 1.29 is 0 Å². The third kappa shape index (κ3) is 1.27. The van der Waals surface area contributed by atoms with Gasteiger partial charge in [-0.25, -0.2) is 0 Å². The minimum atomic E-state index is 1.14. The van der Waals surface area contributed by atoms with E-state index in [-0.39, 0.29) is 0 Å². The third-order valence-corrected chi connectivity index (χ3v) is 4.13. The zero-order chi connectivity index (χ0) is 12.1. The minimum absolute atomic E-state index is 1.14. The molecule has 0 saturated heterocycles. The standard InChI is InChI=1S/C16H10BrN/c17-13-6-3-4-10-8-9-12-11-5-1-2-7-14(11)18-16(12)15(10)13/h1-9,18H. The molecule has 0 atom stereocenters. The van der Waals surface area contributed by atoms with E-state index in [1.54, 1.807) is 0 Å². The molecule has 3 aromatic carbocycles. The van der Waals surface area contributed by atoms with Crippen LogP contribution < -0.4 is 0 Å². The molecule has 4 aromatic rings. The maximum atomic E-state index is 3.66. The molecule has 0 amide bonds. The number of aromatic amines is 1. The summed E-state index contributed by atoms with van der Waals surface area (Å²) in [5, 5.41) is 5.07. The zero-order valence-corrected chi connectivity index (χ0v) is 11.2. The van der Waals surface area contributed by atoms with Crippen molar-refractivity contribution in [3.05, 3.63) is 59.1 Å². The number of halogens is 1. The molecule has 18 heavy (non-hydrogen) atoms. The average Bonchev–Trinajstić information content (AvgIpc) is 2.77. The molecule has 1 N–H and O–H groups in total. The van der Waals surface area contributed by atoms with Crippen LogP contribution >= 0.6 is 15.9 Å². The van der Waals surface area contributed by atoms with Gasteiger partial charge < -0.3 is 4.98 Å². The van der Waals surface area contributed by atoms with E-state index in [9.17, 15) is 0 Å². The van der Waals surface area contributed by atoms with Crippen LogP contribution in [0.25, 0.3) is 32.6 Å². The van der Waals surface area contributed by atoms with Crippen molar-refractivity contribution in [2.75, 3.05) is 0 Å². The van der Waals surface area contributed by atoms with Crippen LogP contribution in [0.3, 0.4) is 0 Å². The first-order valence-corrected chi connectivity index (χ1v) is 6.71. The van der Waals surface area contributed by atoms with Crippen molar-refractivity contribution in [1.82, 2.24) is 4.98 Å². The number of nitrogens with one attached hydrogen (secondary N) is 1. The predicted molar refractivity (Wildman–Crippen MR) is 81.0 cm³/mol.